The minimum atomic E-state index is -0.992. The second kappa shape index (κ2) is 11.4. The second-order valence-electron chi connectivity index (χ2n) is 10.4. The number of hydrogen-bond acceptors (Lipinski definition) is 7. The van der Waals surface area contributed by atoms with E-state index in [2.05, 4.69) is 11.9 Å². The van der Waals surface area contributed by atoms with E-state index >= 15 is 0 Å². The molecule has 2 amide bonds. The molecule has 4 heterocycles. The number of aromatic nitrogens is 1. The molecule has 2 aromatic heterocycles. The lowest BCUT2D eigenvalue weighted by Crippen LogP contribution is -2.46. The number of amides is 2. The highest BCUT2D eigenvalue weighted by Crippen LogP contribution is 2.51. The number of aliphatic hydroxyl groups is 1. The van der Waals surface area contributed by atoms with E-state index in [9.17, 15) is 19.7 Å². The Bertz CT molecular complexity index is 1240. The monoisotopic (exact) mass is 518 g/mol. The first-order valence-corrected chi connectivity index (χ1v) is 13.7. The van der Waals surface area contributed by atoms with Crippen LogP contribution < -0.4 is 0 Å². The van der Waals surface area contributed by atoms with Crippen LogP contribution in [-0.4, -0.2) is 51.6 Å². The molecule has 0 saturated carbocycles. The van der Waals surface area contributed by atoms with E-state index in [1.807, 2.05) is 37.3 Å². The predicted molar refractivity (Wildman–Crippen MR) is 143 cm³/mol. The van der Waals surface area contributed by atoms with Crippen LogP contribution in [0.5, 0.6) is 0 Å². The quantitative estimate of drug-likeness (QED) is 0.292. The molecule has 2 aromatic rings. The van der Waals surface area contributed by atoms with Gasteiger partial charge in [0.2, 0.25) is 11.8 Å². The molecule has 0 aromatic carbocycles. The summed E-state index contributed by atoms with van der Waals surface area (Å²) in [5.41, 5.74) is 4.02. The summed E-state index contributed by atoms with van der Waals surface area (Å²) in [6.45, 7) is 4.33. The zero-order chi connectivity index (χ0) is 26.8. The van der Waals surface area contributed by atoms with Crippen LogP contribution in [0.15, 0.2) is 52.1 Å². The van der Waals surface area contributed by atoms with E-state index in [1.54, 1.807) is 12.3 Å². The highest BCUT2D eigenvalue weighted by Gasteiger charge is 2.56. The van der Waals surface area contributed by atoms with Crippen molar-refractivity contribution in [3.8, 4) is 0 Å². The summed E-state index contributed by atoms with van der Waals surface area (Å²) in [6.07, 6.45) is 6.90. The number of furan rings is 1. The molecule has 2 N–H and O–H groups in total. The van der Waals surface area contributed by atoms with E-state index in [4.69, 9.17) is 9.07 Å². The van der Waals surface area contributed by atoms with Crippen molar-refractivity contribution in [3.05, 3.63) is 64.9 Å². The number of hydrogen-bond donors (Lipinski definition) is 2. The van der Waals surface area contributed by atoms with Gasteiger partial charge in [-0.1, -0.05) is 25.5 Å². The van der Waals surface area contributed by atoms with Gasteiger partial charge < -0.3 is 19.2 Å². The average molecular weight is 518 g/mol. The van der Waals surface area contributed by atoms with Gasteiger partial charge in [0, 0.05) is 12.7 Å². The third-order valence-corrected chi connectivity index (χ3v) is 8.10. The maximum atomic E-state index is 13.4. The van der Waals surface area contributed by atoms with E-state index in [0.717, 1.165) is 29.7 Å². The SMILES string of the molecule is CCCN1C(=O)[C@@H]2[C@@H](CC(CC)=C3[C@@H](CC/C(=C/c4ccc(CO)o4)c4ccccn4)OB(O)C[C@@H]32)C1=O. The Hall–Kier alpha value is -3.01. The largest absolute Gasteiger partial charge is 0.459 e. The molecule has 5 rings (SSSR count). The van der Waals surface area contributed by atoms with Crippen molar-refractivity contribution in [2.24, 2.45) is 17.8 Å². The average Bonchev–Trinajstić information content (AvgIpc) is 3.48. The summed E-state index contributed by atoms with van der Waals surface area (Å²) in [5, 5.41) is 20.1. The molecule has 4 atom stereocenters. The summed E-state index contributed by atoms with van der Waals surface area (Å²) in [5.74, 6) is -0.0176. The number of nitrogens with zero attached hydrogens (tertiary/aromatic N) is 2. The van der Waals surface area contributed by atoms with Crippen molar-refractivity contribution >= 4 is 30.6 Å². The fraction of sp³-hybridized carbons (Fsp3) is 0.483. The summed E-state index contributed by atoms with van der Waals surface area (Å²) < 4.78 is 11.8. The molecular weight excluding hydrogens is 483 g/mol. The van der Waals surface area contributed by atoms with Crippen LogP contribution >= 0.6 is 0 Å². The standard InChI is InChI=1S/C29H35BN2O6/c1-3-13-32-28(34)22-15-18(4-2)26-23(27(22)29(32)35)16-30(36)38-25(26)11-8-19(24-7-5-6-12-31-24)14-20-9-10-21(17-33)37-20/h5-7,9-10,12,14,22-23,25,27,33,36H,3-4,8,11,13,15-17H2,1-2H3/b19-14-/t22-,23+,25-,27-/m1/s1. The van der Waals surface area contributed by atoms with Gasteiger partial charge in [-0.2, -0.15) is 0 Å². The Balaban J connectivity index is 1.44. The number of pyridine rings is 1. The Labute approximate surface area is 223 Å². The first-order valence-electron chi connectivity index (χ1n) is 13.7. The normalized spacial score (nSPS) is 25.7. The van der Waals surface area contributed by atoms with Gasteiger partial charge in [-0.05, 0) is 85.8 Å². The van der Waals surface area contributed by atoms with Crippen molar-refractivity contribution in [2.45, 2.75) is 65.0 Å². The van der Waals surface area contributed by atoms with Gasteiger partial charge >= 0.3 is 7.12 Å². The third kappa shape index (κ3) is 5.02. The molecule has 200 valence electrons. The van der Waals surface area contributed by atoms with Crippen LogP contribution in [0.4, 0.5) is 0 Å². The zero-order valence-electron chi connectivity index (χ0n) is 22.0. The lowest BCUT2D eigenvalue weighted by molar-refractivity contribution is -0.140. The van der Waals surface area contributed by atoms with Crippen LogP contribution in [0.25, 0.3) is 11.6 Å². The van der Waals surface area contributed by atoms with Crippen LogP contribution in [0.2, 0.25) is 6.32 Å². The topological polar surface area (TPSA) is 113 Å². The van der Waals surface area contributed by atoms with E-state index < -0.39 is 13.0 Å². The first-order chi connectivity index (χ1) is 18.4. The zero-order valence-corrected chi connectivity index (χ0v) is 22.0. The molecule has 38 heavy (non-hydrogen) atoms. The van der Waals surface area contributed by atoms with Crippen LogP contribution in [0, 0.1) is 17.8 Å². The Kier molecular flexibility index (Phi) is 7.97. The van der Waals surface area contributed by atoms with Gasteiger partial charge in [-0.25, -0.2) is 0 Å². The third-order valence-electron chi connectivity index (χ3n) is 8.10. The van der Waals surface area contributed by atoms with Gasteiger partial charge in [0.25, 0.3) is 0 Å². The molecule has 0 radical (unpaired) electrons. The minimum absolute atomic E-state index is 0.0644. The van der Waals surface area contributed by atoms with Crippen molar-refractivity contribution in [1.29, 1.82) is 0 Å². The maximum Gasteiger partial charge on any atom is 0.455 e. The number of carbonyl (C=O) groups is 2. The molecule has 0 unspecified atom stereocenters. The molecule has 9 heteroatoms. The summed E-state index contributed by atoms with van der Waals surface area (Å²) in [6, 6.07) is 9.29. The Morgan fingerprint density at radius 2 is 2.03 bits per heavy atom. The van der Waals surface area contributed by atoms with Gasteiger partial charge in [0.05, 0.1) is 23.6 Å². The summed E-state index contributed by atoms with van der Waals surface area (Å²) in [4.78, 5) is 32.5. The van der Waals surface area contributed by atoms with Gasteiger partial charge in [0.1, 0.15) is 18.1 Å². The number of allylic oxidation sites excluding steroid dienone is 2. The van der Waals surface area contributed by atoms with E-state index in [0.29, 0.717) is 43.6 Å². The molecule has 1 aliphatic carbocycles. The van der Waals surface area contributed by atoms with Crippen LogP contribution in [-0.2, 0) is 20.9 Å². The fourth-order valence-corrected chi connectivity index (χ4v) is 6.45. The number of aliphatic hydroxyl groups excluding tert-OH is 1. The first kappa shape index (κ1) is 26.6. The number of rotatable bonds is 9. The smallest absolute Gasteiger partial charge is 0.455 e. The molecule has 2 aliphatic heterocycles. The Morgan fingerprint density at radius 1 is 1.18 bits per heavy atom. The van der Waals surface area contributed by atoms with Crippen molar-refractivity contribution in [2.75, 3.05) is 6.54 Å². The molecule has 3 aliphatic rings. The lowest BCUT2D eigenvalue weighted by atomic mass is 9.58. The fourth-order valence-electron chi connectivity index (χ4n) is 6.45. The molecule has 0 spiro atoms. The second-order valence-corrected chi connectivity index (χ2v) is 10.4. The van der Waals surface area contributed by atoms with Crippen LogP contribution in [0.1, 0.15) is 63.2 Å². The van der Waals surface area contributed by atoms with Gasteiger partial charge in [-0.3, -0.25) is 19.5 Å². The summed E-state index contributed by atoms with van der Waals surface area (Å²) in [7, 11) is -0.992. The van der Waals surface area contributed by atoms with Crippen molar-refractivity contribution in [1.82, 2.24) is 9.88 Å². The number of likely N-dealkylation sites (tertiary alicyclic amines) is 1. The predicted octanol–water partition coefficient (Wildman–Crippen LogP) is 4.10. The summed E-state index contributed by atoms with van der Waals surface area (Å²) >= 11 is 0. The maximum absolute atomic E-state index is 13.4. The number of imide groups is 1. The van der Waals surface area contributed by atoms with Crippen molar-refractivity contribution < 1.29 is 28.8 Å². The van der Waals surface area contributed by atoms with Crippen molar-refractivity contribution in [3.63, 3.8) is 0 Å². The highest BCUT2D eigenvalue weighted by atomic mass is 16.5. The number of carbonyl (C=O) groups excluding carboxylic acids is 2. The minimum Gasteiger partial charge on any atom is -0.459 e. The van der Waals surface area contributed by atoms with Gasteiger partial charge in [0.15, 0.2) is 0 Å². The molecule has 8 nitrogen and oxygen atoms in total. The van der Waals surface area contributed by atoms with Gasteiger partial charge in [-0.15, -0.1) is 0 Å². The molecule has 2 fully saturated rings. The van der Waals surface area contributed by atoms with Crippen LogP contribution in [0.3, 0.4) is 0 Å². The molecular formula is C29H35BN2O6. The molecule has 2 saturated heterocycles. The lowest BCUT2D eigenvalue weighted by Gasteiger charge is -2.43. The van der Waals surface area contributed by atoms with E-state index in [-0.39, 0.29) is 36.4 Å². The molecule has 0 bridgehead atoms. The number of fused-ring (bicyclic) bond motifs is 3. The Morgan fingerprint density at radius 3 is 2.71 bits per heavy atom. The highest BCUT2D eigenvalue weighted by molar-refractivity contribution is 6.43. The van der Waals surface area contributed by atoms with E-state index in [1.165, 1.54) is 10.5 Å².